The van der Waals surface area contributed by atoms with Crippen molar-refractivity contribution in [3.8, 4) is 0 Å². The second-order valence-corrected chi connectivity index (χ2v) is 8.73. The summed E-state index contributed by atoms with van der Waals surface area (Å²) in [5, 5.41) is 3.17. The van der Waals surface area contributed by atoms with Crippen molar-refractivity contribution in [3.63, 3.8) is 0 Å². The SMILES string of the molecule is CC1CCCN(C(C)CNC(=O)c2cnc3c(c2)c(=O)[nH]c(=O)n3Cc2ccccc2)C1. The molecule has 0 aliphatic carbocycles. The normalized spacial score (nSPS) is 17.9. The first-order valence-electron chi connectivity index (χ1n) is 11.1. The smallest absolute Gasteiger partial charge is 0.330 e. The molecule has 8 heteroatoms. The molecule has 1 aliphatic heterocycles. The number of carbonyl (C=O) groups is 1. The molecule has 168 valence electrons. The summed E-state index contributed by atoms with van der Waals surface area (Å²) in [6.07, 6.45) is 3.86. The summed E-state index contributed by atoms with van der Waals surface area (Å²) in [5.74, 6) is 0.392. The van der Waals surface area contributed by atoms with Crippen LogP contribution < -0.4 is 16.6 Å². The van der Waals surface area contributed by atoms with Crippen molar-refractivity contribution in [1.29, 1.82) is 0 Å². The van der Waals surface area contributed by atoms with Crippen molar-refractivity contribution >= 4 is 16.9 Å². The summed E-state index contributed by atoms with van der Waals surface area (Å²) in [5.41, 5.74) is 0.391. The standard InChI is InChI=1S/C24H29N5O3/c1-16-7-6-10-28(14-16)17(2)12-26-22(30)19-11-20-21(25-13-19)29(24(32)27-23(20)31)15-18-8-4-3-5-9-18/h3-5,8-9,11,13,16-17H,6-7,10,12,14-15H2,1-2H3,(H,26,30)(H,27,31,32). The molecule has 1 saturated heterocycles. The first kappa shape index (κ1) is 22.0. The molecule has 2 atom stereocenters. The Hall–Kier alpha value is -3.26. The van der Waals surface area contributed by atoms with Gasteiger partial charge in [0.05, 0.1) is 17.5 Å². The van der Waals surface area contributed by atoms with Gasteiger partial charge in [0.25, 0.3) is 11.5 Å². The summed E-state index contributed by atoms with van der Waals surface area (Å²) in [7, 11) is 0. The van der Waals surface area contributed by atoms with Crippen molar-refractivity contribution in [2.75, 3.05) is 19.6 Å². The number of nitrogens with one attached hydrogen (secondary N) is 2. The van der Waals surface area contributed by atoms with E-state index >= 15 is 0 Å². The summed E-state index contributed by atoms with van der Waals surface area (Å²) < 4.78 is 1.41. The zero-order valence-corrected chi connectivity index (χ0v) is 18.5. The molecule has 1 aromatic carbocycles. The lowest BCUT2D eigenvalue weighted by atomic mass is 9.99. The van der Waals surface area contributed by atoms with E-state index in [-0.39, 0.29) is 29.5 Å². The number of fused-ring (bicyclic) bond motifs is 1. The molecule has 0 spiro atoms. The number of aromatic nitrogens is 3. The summed E-state index contributed by atoms with van der Waals surface area (Å²) in [4.78, 5) is 46.7. The van der Waals surface area contributed by atoms with E-state index in [9.17, 15) is 14.4 Å². The Bertz CT molecular complexity index is 1220. The Morgan fingerprint density at radius 3 is 2.81 bits per heavy atom. The molecule has 1 fully saturated rings. The van der Waals surface area contributed by atoms with Gasteiger partial charge in [0, 0.05) is 25.3 Å². The van der Waals surface area contributed by atoms with Gasteiger partial charge in [-0.3, -0.25) is 24.0 Å². The lowest BCUT2D eigenvalue weighted by Gasteiger charge is -2.35. The largest absolute Gasteiger partial charge is 0.350 e. The summed E-state index contributed by atoms with van der Waals surface area (Å²) >= 11 is 0. The van der Waals surface area contributed by atoms with Crippen LogP contribution in [0, 0.1) is 5.92 Å². The van der Waals surface area contributed by atoms with E-state index in [1.54, 1.807) is 0 Å². The molecule has 1 amide bonds. The molecule has 2 aromatic heterocycles. The Kier molecular flexibility index (Phi) is 6.50. The number of hydrogen-bond donors (Lipinski definition) is 2. The summed E-state index contributed by atoms with van der Waals surface area (Å²) in [6, 6.07) is 11.2. The molecule has 0 bridgehead atoms. The molecule has 2 N–H and O–H groups in total. The highest BCUT2D eigenvalue weighted by atomic mass is 16.2. The molecule has 32 heavy (non-hydrogen) atoms. The lowest BCUT2D eigenvalue weighted by molar-refractivity contribution is 0.0917. The number of carbonyl (C=O) groups excluding carboxylic acids is 1. The highest BCUT2D eigenvalue weighted by molar-refractivity contribution is 5.96. The van der Waals surface area contributed by atoms with Gasteiger partial charge in [0.1, 0.15) is 5.65 Å². The Morgan fingerprint density at radius 2 is 2.06 bits per heavy atom. The fourth-order valence-electron chi connectivity index (χ4n) is 4.30. The monoisotopic (exact) mass is 435 g/mol. The third kappa shape index (κ3) is 4.80. The maximum Gasteiger partial charge on any atom is 0.330 e. The van der Waals surface area contributed by atoms with Gasteiger partial charge in [-0.15, -0.1) is 0 Å². The van der Waals surface area contributed by atoms with Gasteiger partial charge in [0.2, 0.25) is 0 Å². The fourth-order valence-corrected chi connectivity index (χ4v) is 4.30. The third-order valence-electron chi connectivity index (χ3n) is 6.15. The van der Waals surface area contributed by atoms with Gasteiger partial charge >= 0.3 is 5.69 Å². The predicted octanol–water partition coefficient (Wildman–Crippen LogP) is 1.98. The van der Waals surface area contributed by atoms with E-state index in [1.165, 1.54) is 29.7 Å². The molecule has 3 heterocycles. The van der Waals surface area contributed by atoms with Gasteiger partial charge in [-0.25, -0.2) is 9.78 Å². The topological polar surface area (TPSA) is 100 Å². The first-order chi connectivity index (χ1) is 15.4. The van der Waals surface area contributed by atoms with Crippen LogP contribution in [0.3, 0.4) is 0 Å². The molecule has 8 nitrogen and oxygen atoms in total. The number of piperidine rings is 1. The van der Waals surface area contributed by atoms with Crippen LogP contribution in [0.15, 0.2) is 52.2 Å². The molecule has 0 radical (unpaired) electrons. The van der Waals surface area contributed by atoms with Gasteiger partial charge < -0.3 is 5.32 Å². The van der Waals surface area contributed by atoms with Crippen LogP contribution in [0.1, 0.15) is 42.6 Å². The predicted molar refractivity (Wildman–Crippen MR) is 124 cm³/mol. The van der Waals surface area contributed by atoms with E-state index in [4.69, 9.17) is 0 Å². The van der Waals surface area contributed by atoms with E-state index in [1.807, 2.05) is 30.3 Å². The first-order valence-corrected chi connectivity index (χ1v) is 11.1. The average molecular weight is 436 g/mol. The molecule has 2 unspecified atom stereocenters. The van der Waals surface area contributed by atoms with E-state index in [0.717, 1.165) is 18.7 Å². The maximum atomic E-state index is 12.7. The van der Waals surface area contributed by atoms with Crippen molar-refractivity contribution in [1.82, 2.24) is 24.8 Å². The molecule has 3 aromatic rings. The van der Waals surface area contributed by atoms with Crippen LogP contribution in [0.2, 0.25) is 0 Å². The number of hydrogen-bond acceptors (Lipinski definition) is 5. The number of likely N-dealkylation sites (tertiary alicyclic amines) is 1. The summed E-state index contributed by atoms with van der Waals surface area (Å²) in [6.45, 7) is 7.26. The average Bonchev–Trinajstić information content (AvgIpc) is 2.80. The number of amides is 1. The second-order valence-electron chi connectivity index (χ2n) is 8.73. The van der Waals surface area contributed by atoms with Crippen molar-refractivity contribution < 1.29 is 4.79 Å². The van der Waals surface area contributed by atoms with Gasteiger partial charge in [-0.05, 0) is 43.9 Å². The third-order valence-corrected chi connectivity index (χ3v) is 6.15. The number of H-pyrrole nitrogens is 1. The van der Waals surface area contributed by atoms with Crippen molar-refractivity contribution in [3.05, 3.63) is 74.6 Å². The molecular weight excluding hydrogens is 406 g/mol. The number of aromatic amines is 1. The minimum absolute atomic E-state index is 0.214. The van der Waals surface area contributed by atoms with Gasteiger partial charge in [-0.2, -0.15) is 0 Å². The zero-order chi connectivity index (χ0) is 22.7. The molecule has 4 rings (SSSR count). The molecular formula is C24H29N5O3. The van der Waals surface area contributed by atoms with E-state index in [2.05, 4.69) is 34.0 Å². The Balaban J connectivity index is 1.53. The van der Waals surface area contributed by atoms with Crippen molar-refractivity contribution in [2.24, 2.45) is 5.92 Å². The lowest BCUT2D eigenvalue weighted by Crippen LogP contribution is -2.46. The molecule has 1 aliphatic rings. The fraction of sp³-hybridized carbons (Fsp3) is 0.417. The van der Waals surface area contributed by atoms with Crippen LogP contribution in [-0.4, -0.2) is 51.0 Å². The van der Waals surface area contributed by atoms with Crippen LogP contribution in [0.5, 0.6) is 0 Å². The van der Waals surface area contributed by atoms with Crippen LogP contribution in [0.4, 0.5) is 0 Å². The highest BCUT2D eigenvalue weighted by Crippen LogP contribution is 2.17. The Morgan fingerprint density at radius 1 is 1.28 bits per heavy atom. The number of pyridine rings is 1. The quantitative estimate of drug-likeness (QED) is 0.617. The Labute approximate surface area is 186 Å². The van der Waals surface area contributed by atoms with Crippen LogP contribution in [0.25, 0.3) is 11.0 Å². The van der Waals surface area contributed by atoms with E-state index in [0.29, 0.717) is 18.0 Å². The van der Waals surface area contributed by atoms with Crippen LogP contribution in [-0.2, 0) is 6.54 Å². The van der Waals surface area contributed by atoms with Crippen molar-refractivity contribution in [2.45, 2.75) is 39.3 Å². The maximum absolute atomic E-state index is 12.7. The number of nitrogens with zero attached hydrogens (tertiary/aromatic N) is 3. The van der Waals surface area contributed by atoms with Gasteiger partial charge in [-0.1, -0.05) is 37.3 Å². The minimum Gasteiger partial charge on any atom is -0.350 e. The molecule has 0 saturated carbocycles. The second kappa shape index (κ2) is 9.48. The van der Waals surface area contributed by atoms with Crippen LogP contribution >= 0.6 is 0 Å². The highest BCUT2D eigenvalue weighted by Gasteiger charge is 2.21. The number of benzene rings is 1. The minimum atomic E-state index is -0.549. The van der Waals surface area contributed by atoms with Gasteiger partial charge in [0.15, 0.2) is 0 Å². The zero-order valence-electron chi connectivity index (χ0n) is 18.5. The van der Waals surface area contributed by atoms with E-state index < -0.39 is 11.2 Å². The number of rotatable bonds is 6.